The van der Waals surface area contributed by atoms with Crippen LogP contribution < -0.4 is 5.32 Å². The molecule has 0 aliphatic rings. The van der Waals surface area contributed by atoms with E-state index in [0.29, 0.717) is 5.56 Å². The van der Waals surface area contributed by atoms with Gasteiger partial charge in [-0.05, 0) is 24.2 Å². The number of benzene rings is 1. The number of nitrogens with zero attached hydrogens (tertiary/aromatic N) is 1. The summed E-state index contributed by atoms with van der Waals surface area (Å²) in [6.07, 6.45) is 0. The maximum Gasteiger partial charge on any atom is 0.159 e. The van der Waals surface area contributed by atoms with E-state index < -0.39 is 11.6 Å². The summed E-state index contributed by atoms with van der Waals surface area (Å²) in [5.41, 5.74) is 3.22. The average molecular weight is 254 g/mol. The van der Waals surface area contributed by atoms with E-state index in [4.69, 9.17) is 0 Å². The van der Waals surface area contributed by atoms with Crippen LogP contribution in [0.1, 0.15) is 24.2 Å². The minimum Gasteiger partial charge on any atom is -0.305 e. The lowest BCUT2D eigenvalue weighted by atomic mass is 10.0. The second kappa shape index (κ2) is 5.33. The van der Waals surface area contributed by atoms with Crippen molar-refractivity contribution >= 4 is 11.3 Å². The van der Waals surface area contributed by atoms with E-state index in [9.17, 15) is 8.78 Å². The highest BCUT2D eigenvalue weighted by Gasteiger charge is 2.16. The lowest BCUT2D eigenvalue weighted by Gasteiger charge is -2.16. The fourth-order valence-electron chi connectivity index (χ4n) is 1.65. The molecule has 0 radical (unpaired) electrons. The molecule has 0 saturated carbocycles. The molecule has 2 rings (SSSR count). The molecule has 90 valence electrons. The normalized spacial score (nSPS) is 12.6. The van der Waals surface area contributed by atoms with Crippen molar-refractivity contribution in [1.82, 2.24) is 10.3 Å². The molecule has 0 aliphatic carbocycles. The minimum absolute atomic E-state index is 0.193. The average Bonchev–Trinajstić information content (AvgIpc) is 2.83. The van der Waals surface area contributed by atoms with Crippen LogP contribution in [0.5, 0.6) is 0 Å². The van der Waals surface area contributed by atoms with Gasteiger partial charge in [0.1, 0.15) is 0 Å². The molecule has 5 heteroatoms. The van der Waals surface area contributed by atoms with Crippen molar-refractivity contribution in [3.63, 3.8) is 0 Å². The molecule has 2 aromatic rings. The van der Waals surface area contributed by atoms with Gasteiger partial charge in [-0.25, -0.2) is 13.8 Å². The molecule has 0 fully saturated rings. The lowest BCUT2D eigenvalue weighted by Crippen LogP contribution is -2.22. The summed E-state index contributed by atoms with van der Waals surface area (Å²) in [7, 11) is 0. The third kappa shape index (κ3) is 2.68. The van der Waals surface area contributed by atoms with Gasteiger partial charge in [0, 0.05) is 5.38 Å². The second-order valence-electron chi connectivity index (χ2n) is 3.58. The van der Waals surface area contributed by atoms with E-state index in [2.05, 4.69) is 10.3 Å². The van der Waals surface area contributed by atoms with Gasteiger partial charge in [-0.3, -0.25) is 0 Å². The van der Waals surface area contributed by atoms with E-state index in [1.165, 1.54) is 17.4 Å². The Balaban J connectivity index is 2.35. The summed E-state index contributed by atoms with van der Waals surface area (Å²) >= 11 is 1.48. The summed E-state index contributed by atoms with van der Waals surface area (Å²) in [5, 5.41) is 5.10. The first-order valence-corrected chi connectivity index (χ1v) is 6.23. The van der Waals surface area contributed by atoms with E-state index in [1.807, 2.05) is 12.3 Å². The van der Waals surface area contributed by atoms with Crippen LogP contribution in [0, 0.1) is 11.6 Å². The Hall–Kier alpha value is -1.33. The molecule has 1 N–H and O–H groups in total. The topological polar surface area (TPSA) is 24.9 Å². The fraction of sp³-hybridized carbons (Fsp3) is 0.250. The Morgan fingerprint density at radius 2 is 2.18 bits per heavy atom. The summed E-state index contributed by atoms with van der Waals surface area (Å²) in [6, 6.07) is 3.73. The summed E-state index contributed by atoms with van der Waals surface area (Å²) in [5.74, 6) is -1.66. The zero-order valence-corrected chi connectivity index (χ0v) is 10.1. The highest BCUT2D eigenvalue weighted by atomic mass is 32.1. The molecule has 1 atom stereocenters. The molecule has 0 bridgehead atoms. The third-order valence-corrected chi connectivity index (χ3v) is 3.04. The van der Waals surface area contributed by atoms with Gasteiger partial charge in [-0.2, -0.15) is 0 Å². The smallest absolute Gasteiger partial charge is 0.159 e. The lowest BCUT2D eigenvalue weighted by molar-refractivity contribution is 0.503. The molecule has 1 unspecified atom stereocenters. The highest BCUT2D eigenvalue weighted by molar-refractivity contribution is 7.07. The number of rotatable bonds is 4. The maximum absolute atomic E-state index is 13.2. The van der Waals surface area contributed by atoms with Gasteiger partial charge < -0.3 is 5.32 Å². The standard InChI is InChI=1S/C12H12F2N2S/c1-2-15-12(11-6-17-7-16-11)8-3-4-9(13)10(14)5-8/h3-7,12,15H,2H2,1H3. The SMILES string of the molecule is CCNC(c1ccc(F)c(F)c1)c1cscn1. The number of hydrogen-bond donors (Lipinski definition) is 1. The molecule has 2 nitrogen and oxygen atoms in total. The van der Waals surface area contributed by atoms with Crippen LogP contribution in [0.15, 0.2) is 29.1 Å². The zero-order valence-electron chi connectivity index (χ0n) is 9.28. The number of halogens is 2. The molecule has 1 heterocycles. The quantitative estimate of drug-likeness (QED) is 0.906. The van der Waals surface area contributed by atoms with E-state index in [0.717, 1.165) is 18.3 Å². The van der Waals surface area contributed by atoms with Crippen LogP contribution in [0.25, 0.3) is 0 Å². The van der Waals surface area contributed by atoms with Gasteiger partial charge in [0.2, 0.25) is 0 Å². The minimum atomic E-state index is -0.833. The van der Waals surface area contributed by atoms with Gasteiger partial charge in [0.25, 0.3) is 0 Å². The fourth-order valence-corrected chi connectivity index (χ4v) is 2.23. The Morgan fingerprint density at radius 3 is 2.76 bits per heavy atom. The van der Waals surface area contributed by atoms with E-state index >= 15 is 0 Å². The molecule has 0 spiro atoms. The van der Waals surface area contributed by atoms with Crippen LogP contribution in [0.3, 0.4) is 0 Å². The number of aromatic nitrogens is 1. The number of nitrogens with one attached hydrogen (secondary N) is 1. The van der Waals surface area contributed by atoms with Crippen molar-refractivity contribution in [2.24, 2.45) is 0 Å². The number of thiazole rings is 1. The summed E-state index contributed by atoms with van der Waals surface area (Å²) < 4.78 is 26.1. The Bertz CT molecular complexity index is 485. The highest BCUT2D eigenvalue weighted by Crippen LogP contribution is 2.23. The van der Waals surface area contributed by atoms with Crippen LogP contribution in [0.4, 0.5) is 8.78 Å². The molecule has 0 amide bonds. The molecule has 1 aromatic carbocycles. The molecular weight excluding hydrogens is 242 g/mol. The van der Waals surface area contributed by atoms with Crippen molar-refractivity contribution in [2.75, 3.05) is 6.54 Å². The molecular formula is C12H12F2N2S. The van der Waals surface area contributed by atoms with Crippen molar-refractivity contribution in [3.8, 4) is 0 Å². The first kappa shape index (κ1) is 12.1. The third-order valence-electron chi connectivity index (χ3n) is 2.43. The Kier molecular flexibility index (Phi) is 3.81. The zero-order chi connectivity index (χ0) is 12.3. The molecule has 17 heavy (non-hydrogen) atoms. The van der Waals surface area contributed by atoms with Crippen molar-refractivity contribution < 1.29 is 8.78 Å². The summed E-state index contributed by atoms with van der Waals surface area (Å²) in [6.45, 7) is 2.68. The van der Waals surface area contributed by atoms with Gasteiger partial charge in [0.15, 0.2) is 11.6 Å². The van der Waals surface area contributed by atoms with Crippen LogP contribution >= 0.6 is 11.3 Å². The maximum atomic E-state index is 13.2. The predicted molar refractivity (Wildman–Crippen MR) is 64.0 cm³/mol. The first-order valence-electron chi connectivity index (χ1n) is 5.28. The molecule has 1 aromatic heterocycles. The van der Waals surface area contributed by atoms with Gasteiger partial charge in [-0.15, -0.1) is 11.3 Å². The monoisotopic (exact) mass is 254 g/mol. The van der Waals surface area contributed by atoms with Crippen molar-refractivity contribution in [2.45, 2.75) is 13.0 Å². The van der Waals surface area contributed by atoms with E-state index in [1.54, 1.807) is 11.6 Å². The van der Waals surface area contributed by atoms with Crippen LogP contribution in [-0.4, -0.2) is 11.5 Å². The van der Waals surface area contributed by atoms with Crippen LogP contribution in [0.2, 0.25) is 0 Å². The van der Waals surface area contributed by atoms with Crippen LogP contribution in [-0.2, 0) is 0 Å². The molecule has 0 saturated heterocycles. The predicted octanol–water partition coefficient (Wildman–Crippen LogP) is 3.12. The second-order valence-corrected chi connectivity index (χ2v) is 4.30. The summed E-state index contributed by atoms with van der Waals surface area (Å²) in [4.78, 5) is 4.20. The first-order chi connectivity index (χ1) is 8.22. The molecule has 0 aliphatic heterocycles. The van der Waals surface area contributed by atoms with Crippen molar-refractivity contribution in [1.29, 1.82) is 0 Å². The Labute approximate surface area is 102 Å². The van der Waals surface area contributed by atoms with E-state index in [-0.39, 0.29) is 6.04 Å². The van der Waals surface area contributed by atoms with Gasteiger partial charge in [0.05, 0.1) is 17.2 Å². The number of hydrogen-bond acceptors (Lipinski definition) is 3. The van der Waals surface area contributed by atoms with Crippen molar-refractivity contribution in [3.05, 3.63) is 52.0 Å². The largest absolute Gasteiger partial charge is 0.305 e. The van der Waals surface area contributed by atoms with Gasteiger partial charge in [-0.1, -0.05) is 13.0 Å². The van der Waals surface area contributed by atoms with Gasteiger partial charge >= 0.3 is 0 Å². The Morgan fingerprint density at radius 1 is 1.35 bits per heavy atom.